The summed E-state index contributed by atoms with van der Waals surface area (Å²) in [4.78, 5) is 0. The molecule has 0 heterocycles. The van der Waals surface area contributed by atoms with Gasteiger partial charge in [-0.25, -0.2) is 0 Å². The van der Waals surface area contributed by atoms with E-state index in [9.17, 15) is 5.11 Å². The number of aryl methyl sites for hydroxylation is 1. The summed E-state index contributed by atoms with van der Waals surface area (Å²) in [6.07, 6.45) is 7.71. The van der Waals surface area contributed by atoms with Crippen molar-refractivity contribution in [3.63, 3.8) is 0 Å². The second-order valence-corrected chi connectivity index (χ2v) is 6.94. The summed E-state index contributed by atoms with van der Waals surface area (Å²) >= 11 is 3.55. The number of fused-ring (bicyclic) bond motifs is 1. The minimum absolute atomic E-state index is 0.0533. The summed E-state index contributed by atoms with van der Waals surface area (Å²) in [6, 6.07) is 7.91. The van der Waals surface area contributed by atoms with Crippen LogP contribution in [0.15, 0.2) is 22.7 Å². The summed E-state index contributed by atoms with van der Waals surface area (Å²) in [7, 11) is 0. The van der Waals surface area contributed by atoms with Crippen LogP contribution in [-0.2, 0) is 12.8 Å². The van der Waals surface area contributed by atoms with Gasteiger partial charge in [0, 0.05) is 16.6 Å². The Balaban J connectivity index is 1.58. The standard InChI is InChI=1S/C16H22BrNO/c17-13-3-1-12-10-15(4-2-11(12)9-13)18-14-5-7-16(19)8-6-14/h1,3,9,14-16,18-19H,2,4-8,10H2. The van der Waals surface area contributed by atoms with E-state index < -0.39 is 0 Å². The van der Waals surface area contributed by atoms with E-state index in [4.69, 9.17) is 0 Å². The number of hydrogen-bond acceptors (Lipinski definition) is 2. The fraction of sp³-hybridized carbons (Fsp3) is 0.625. The number of nitrogens with one attached hydrogen (secondary N) is 1. The topological polar surface area (TPSA) is 32.3 Å². The molecule has 3 heteroatoms. The van der Waals surface area contributed by atoms with Gasteiger partial charge in [0.15, 0.2) is 0 Å². The van der Waals surface area contributed by atoms with Gasteiger partial charge in [0.2, 0.25) is 0 Å². The summed E-state index contributed by atoms with van der Waals surface area (Å²) in [5, 5.41) is 13.4. The van der Waals surface area contributed by atoms with Gasteiger partial charge in [0.05, 0.1) is 6.10 Å². The van der Waals surface area contributed by atoms with Crippen molar-refractivity contribution in [1.82, 2.24) is 5.32 Å². The zero-order valence-corrected chi connectivity index (χ0v) is 12.8. The van der Waals surface area contributed by atoms with Crippen LogP contribution < -0.4 is 5.32 Å². The number of hydrogen-bond donors (Lipinski definition) is 2. The van der Waals surface area contributed by atoms with Gasteiger partial charge in [-0.3, -0.25) is 0 Å². The maximum atomic E-state index is 9.56. The molecule has 1 aromatic rings. The third-order valence-corrected chi connectivity index (χ3v) is 5.06. The van der Waals surface area contributed by atoms with Crippen LogP contribution in [-0.4, -0.2) is 23.3 Å². The molecule has 2 nitrogen and oxygen atoms in total. The molecule has 1 unspecified atom stereocenters. The first-order chi connectivity index (χ1) is 9.20. The molecule has 1 aromatic carbocycles. The first-order valence-electron chi connectivity index (χ1n) is 7.42. The molecule has 2 aliphatic carbocycles. The number of aliphatic hydroxyl groups excluding tert-OH is 1. The van der Waals surface area contributed by atoms with Gasteiger partial charge in [0.25, 0.3) is 0 Å². The molecule has 0 spiro atoms. The van der Waals surface area contributed by atoms with E-state index in [-0.39, 0.29) is 6.10 Å². The molecule has 3 rings (SSSR count). The number of halogens is 1. The Morgan fingerprint density at radius 3 is 2.58 bits per heavy atom. The molecule has 0 aliphatic heterocycles. The van der Waals surface area contributed by atoms with E-state index in [1.807, 2.05) is 0 Å². The highest BCUT2D eigenvalue weighted by Crippen LogP contribution is 2.26. The number of benzene rings is 1. The van der Waals surface area contributed by atoms with Crippen LogP contribution in [0, 0.1) is 0 Å². The highest BCUT2D eigenvalue weighted by Gasteiger charge is 2.24. The first-order valence-corrected chi connectivity index (χ1v) is 8.21. The highest BCUT2D eigenvalue weighted by molar-refractivity contribution is 9.10. The Morgan fingerprint density at radius 2 is 1.79 bits per heavy atom. The Hall–Kier alpha value is -0.380. The average molecular weight is 324 g/mol. The fourth-order valence-corrected chi connectivity index (χ4v) is 3.85. The van der Waals surface area contributed by atoms with Gasteiger partial charge in [-0.05, 0) is 68.2 Å². The van der Waals surface area contributed by atoms with Gasteiger partial charge in [-0.15, -0.1) is 0 Å². The van der Waals surface area contributed by atoms with E-state index in [1.54, 1.807) is 0 Å². The van der Waals surface area contributed by atoms with Crippen LogP contribution in [0.25, 0.3) is 0 Å². The molecular formula is C16H22BrNO. The minimum Gasteiger partial charge on any atom is -0.393 e. The maximum absolute atomic E-state index is 9.56. The van der Waals surface area contributed by atoms with Crippen molar-refractivity contribution in [1.29, 1.82) is 0 Å². The predicted molar refractivity (Wildman–Crippen MR) is 81.4 cm³/mol. The molecule has 1 saturated carbocycles. The molecule has 0 saturated heterocycles. The Kier molecular flexibility index (Phi) is 4.25. The van der Waals surface area contributed by atoms with Gasteiger partial charge < -0.3 is 10.4 Å². The molecule has 0 amide bonds. The Bertz CT molecular complexity index is 440. The molecule has 1 atom stereocenters. The molecule has 1 fully saturated rings. The normalized spacial score (nSPS) is 30.9. The lowest BCUT2D eigenvalue weighted by molar-refractivity contribution is 0.113. The number of rotatable bonds is 2. The molecule has 2 N–H and O–H groups in total. The van der Waals surface area contributed by atoms with Crippen LogP contribution in [0.5, 0.6) is 0 Å². The lowest BCUT2D eigenvalue weighted by atomic mass is 9.86. The smallest absolute Gasteiger partial charge is 0.0541 e. The van der Waals surface area contributed by atoms with Crippen molar-refractivity contribution in [3.8, 4) is 0 Å². The van der Waals surface area contributed by atoms with E-state index in [0.717, 1.165) is 32.1 Å². The van der Waals surface area contributed by atoms with Gasteiger partial charge in [-0.1, -0.05) is 22.0 Å². The van der Waals surface area contributed by atoms with Crippen molar-refractivity contribution in [3.05, 3.63) is 33.8 Å². The first kappa shape index (κ1) is 13.6. The second kappa shape index (κ2) is 5.94. The molecule has 0 bridgehead atoms. The maximum Gasteiger partial charge on any atom is 0.0541 e. The van der Waals surface area contributed by atoms with Crippen LogP contribution in [0.3, 0.4) is 0 Å². The molecule has 0 aromatic heterocycles. The SMILES string of the molecule is OC1CCC(NC2CCc3cc(Br)ccc3C2)CC1. The van der Waals surface area contributed by atoms with E-state index in [2.05, 4.69) is 39.4 Å². The molecule has 19 heavy (non-hydrogen) atoms. The lowest BCUT2D eigenvalue weighted by Crippen LogP contribution is -2.43. The second-order valence-electron chi connectivity index (χ2n) is 6.02. The summed E-state index contributed by atoms with van der Waals surface area (Å²) in [5.74, 6) is 0. The van der Waals surface area contributed by atoms with E-state index in [1.165, 1.54) is 28.4 Å². The molecule has 0 radical (unpaired) electrons. The van der Waals surface area contributed by atoms with Crippen LogP contribution in [0.4, 0.5) is 0 Å². The van der Waals surface area contributed by atoms with Crippen molar-refractivity contribution in [2.24, 2.45) is 0 Å². The Labute approximate surface area is 123 Å². The molecular weight excluding hydrogens is 302 g/mol. The summed E-state index contributed by atoms with van der Waals surface area (Å²) in [6.45, 7) is 0. The summed E-state index contributed by atoms with van der Waals surface area (Å²) in [5.41, 5.74) is 3.01. The van der Waals surface area contributed by atoms with Gasteiger partial charge in [-0.2, -0.15) is 0 Å². The third-order valence-electron chi connectivity index (χ3n) is 4.56. The zero-order valence-electron chi connectivity index (χ0n) is 11.2. The highest BCUT2D eigenvalue weighted by atomic mass is 79.9. The monoisotopic (exact) mass is 323 g/mol. The van der Waals surface area contributed by atoms with Gasteiger partial charge in [0.1, 0.15) is 0 Å². The van der Waals surface area contributed by atoms with Crippen LogP contribution in [0.1, 0.15) is 43.2 Å². The van der Waals surface area contributed by atoms with Crippen molar-refractivity contribution in [2.45, 2.75) is 63.1 Å². The Morgan fingerprint density at radius 1 is 1.00 bits per heavy atom. The van der Waals surface area contributed by atoms with Crippen LogP contribution >= 0.6 is 15.9 Å². The molecule has 2 aliphatic rings. The quantitative estimate of drug-likeness (QED) is 0.876. The number of aliphatic hydroxyl groups is 1. The van der Waals surface area contributed by atoms with Crippen molar-refractivity contribution in [2.75, 3.05) is 0 Å². The van der Waals surface area contributed by atoms with Crippen molar-refractivity contribution >= 4 is 15.9 Å². The third kappa shape index (κ3) is 3.39. The minimum atomic E-state index is -0.0533. The largest absolute Gasteiger partial charge is 0.393 e. The average Bonchev–Trinajstić information content (AvgIpc) is 2.42. The lowest BCUT2D eigenvalue weighted by Gasteiger charge is -2.33. The molecule has 104 valence electrons. The van der Waals surface area contributed by atoms with E-state index in [0.29, 0.717) is 12.1 Å². The van der Waals surface area contributed by atoms with Crippen LogP contribution in [0.2, 0.25) is 0 Å². The van der Waals surface area contributed by atoms with E-state index >= 15 is 0 Å². The van der Waals surface area contributed by atoms with Crippen molar-refractivity contribution < 1.29 is 5.11 Å². The van der Waals surface area contributed by atoms with Gasteiger partial charge >= 0.3 is 0 Å². The zero-order chi connectivity index (χ0) is 13.2. The predicted octanol–water partition coefficient (Wildman–Crippen LogP) is 3.20. The fourth-order valence-electron chi connectivity index (χ4n) is 3.44. The summed E-state index contributed by atoms with van der Waals surface area (Å²) < 4.78 is 1.19.